The lowest BCUT2D eigenvalue weighted by Crippen LogP contribution is -2.55. The zero-order valence-corrected chi connectivity index (χ0v) is 47.9. The molecular weight excluding hydrogens is 1130 g/mol. The summed E-state index contributed by atoms with van der Waals surface area (Å²) in [6.07, 6.45) is -5.28. The summed E-state index contributed by atoms with van der Waals surface area (Å²) in [6, 6.07) is 22.9. The van der Waals surface area contributed by atoms with Gasteiger partial charge in [-0.15, -0.1) is 0 Å². The molecule has 0 aromatic heterocycles. The van der Waals surface area contributed by atoms with Crippen molar-refractivity contribution in [3.8, 4) is 17.2 Å². The summed E-state index contributed by atoms with van der Waals surface area (Å²) in [5.41, 5.74) is 10.1. The van der Waals surface area contributed by atoms with E-state index in [1.165, 1.54) is 37.1 Å². The number of Topliss-reactive ketones (excluding diaryl/α,β-unsaturated/α-hetero) is 1. The van der Waals surface area contributed by atoms with Crippen LogP contribution in [0.1, 0.15) is 112 Å². The number of methoxy groups -OCH3 is 1. The molecule has 87 heavy (non-hydrogen) atoms. The molecule has 460 valence electrons. The fourth-order valence-corrected chi connectivity index (χ4v) is 11.2. The molecule has 4 aliphatic rings. The molecule has 0 spiro atoms. The van der Waals surface area contributed by atoms with E-state index < -0.39 is 144 Å². The van der Waals surface area contributed by atoms with Crippen LogP contribution in [-0.4, -0.2) is 148 Å². The lowest BCUT2D eigenvalue weighted by Gasteiger charge is -2.42. The average Bonchev–Trinajstić information content (AvgIpc) is 1.11. The summed E-state index contributed by atoms with van der Waals surface area (Å²) in [6.45, 7) is 1.98. The fourth-order valence-electron chi connectivity index (χ4n) is 11.2. The molecule has 9 atom stereocenters. The van der Waals surface area contributed by atoms with Gasteiger partial charge in [-0.25, -0.2) is 9.59 Å². The topological polar surface area (TPSA) is 376 Å². The second-order valence-corrected chi connectivity index (χ2v) is 21.8. The van der Waals surface area contributed by atoms with Crippen LogP contribution in [0.3, 0.4) is 0 Å². The quantitative estimate of drug-likeness (QED) is 0.0338. The van der Waals surface area contributed by atoms with E-state index in [2.05, 4.69) is 21.3 Å². The molecule has 2 fully saturated rings. The molecule has 12 N–H and O–H groups in total. The smallest absolute Gasteiger partial charge is 0.412 e. The Morgan fingerprint density at radius 3 is 2.08 bits per heavy atom. The summed E-state index contributed by atoms with van der Waals surface area (Å²) < 4.78 is 35.1. The first kappa shape index (κ1) is 62.7. The van der Waals surface area contributed by atoms with Gasteiger partial charge in [0.05, 0.1) is 48.1 Å². The number of aliphatic hydroxyl groups excluding tert-OH is 1. The minimum Gasteiger partial charge on any atom is -0.507 e. The van der Waals surface area contributed by atoms with Crippen molar-refractivity contribution < 1.29 is 87.2 Å². The zero-order valence-electron chi connectivity index (χ0n) is 47.9. The standard InChI is InChI=1S/C62H69N7O18/c1-32(64)57(76)68-42(24-34-10-5-4-6-11-34)59(78)67-41(13-7-8-23-63)58(77)65-37-19-15-35(16-20-37)29-83-60(79)66-38-21-17-36(18-22-38)30-84-61(80)69-31-85-56-33(2)86-47(25-43(56)69)87-45-27-62(81,46(71)28-70)26-40-49(45)55(75)51-50(53(40)73)52(72)39-12-9-14-44(82-3)48(39)54(51)74/h4-6,9-12,14-22,32-33,41-43,45,47,56,70,73,75,81H,7-8,13,23-31,63-64H2,1-3H3,(H,65,77)(H,66,79)(H,67,78)(H,68,76)/t32-,33+,41+,42+,43+,45?,47+,56+,62+/m1/s1. The highest BCUT2D eigenvalue weighted by atomic mass is 16.7. The number of benzene rings is 5. The number of rotatable bonds is 22. The van der Waals surface area contributed by atoms with Crippen molar-refractivity contribution in [3.63, 3.8) is 0 Å². The molecule has 2 heterocycles. The van der Waals surface area contributed by atoms with Crippen molar-refractivity contribution in [2.75, 3.05) is 37.6 Å². The summed E-state index contributed by atoms with van der Waals surface area (Å²) in [7, 11) is 1.30. The van der Waals surface area contributed by atoms with Crippen molar-refractivity contribution in [3.05, 3.63) is 147 Å². The van der Waals surface area contributed by atoms with Crippen molar-refractivity contribution >= 4 is 58.6 Å². The van der Waals surface area contributed by atoms with Crippen molar-refractivity contribution in [1.82, 2.24) is 15.5 Å². The Bertz CT molecular complexity index is 3420. The van der Waals surface area contributed by atoms with Gasteiger partial charge in [0.1, 0.15) is 67.6 Å². The van der Waals surface area contributed by atoms with Crippen molar-refractivity contribution in [1.29, 1.82) is 0 Å². The second-order valence-electron chi connectivity index (χ2n) is 21.8. The number of aromatic hydroxyl groups is 2. The van der Waals surface area contributed by atoms with Crippen molar-refractivity contribution in [2.45, 2.75) is 126 Å². The van der Waals surface area contributed by atoms with E-state index in [1.807, 2.05) is 30.3 Å². The Hall–Kier alpha value is -8.82. The molecule has 1 unspecified atom stereocenters. The number of hydrogen-bond donors (Lipinski definition) is 10. The van der Waals surface area contributed by atoms with E-state index in [1.54, 1.807) is 55.5 Å². The SMILES string of the molecule is COc1cccc2c1C(=O)c1c(O)c3c(c(O)c1C2=O)C[C@@](O)(C(=O)CO)CC3O[C@H]1C[C@H]2[C@@H](OCN2C(=O)OCc2ccc(NC(=O)OCc3ccc(NC(=O)[C@H](CCCCN)NC(=O)[C@H](Cc4ccccc4)NC(=O)[C@@H](C)N)cc3)cc2)[C@H](C)O1. The van der Waals surface area contributed by atoms with Crippen LogP contribution >= 0.6 is 0 Å². The minimum absolute atomic E-state index is 0.0480. The Morgan fingerprint density at radius 2 is 1.43 bits per heavy atom. The van der Waals surface area contributed by atoms with Gasteiger partial charge in [0.25, 0.3) is 0 Å². The number of anilines is 2. The van der Waals surface area contributed by atoms with E-state index in [0.29, 0.717) is 41.9 Å². The summed E-state index contributed by atoms with van der Waals surface area (Å²) >= 11 is 0. The molecule has 5 amide bonds. The molecule has 25 heteroatoms. The number of carbonyl (C=O) groups excluding carboxylic acids is 8. The number of nitrogens with two attached hydrogens (primary N) is 2. The van der Waals surface area contributed by atoms with Gasteiger partial charge in [0.2, 0.25) is 23.5 Å². The molecule has 5 aromatic carbocycles. The van der Waals surface area contributed by atoms with Crippen LogP contribution in [0.4, 0.5) is 21.0 Å². The Morgan fingerprint density at radius 1 is 0.770 bits per heavy atom. The highest BCUT2D eigenvalue weighted by molar-refractivity contribution is 6.31. The third kappa shape index (κ3) is 13.9. The number of hydrogen-bond acceptors (Lipinski definition) is 20. The first-order valence-electron chi connectivity index (χ1n) is 28.3. The van der Waals surface area contributed by atoms with Gasteiger partial charge < -0.3 is 76.3 Å². The molecule has 0 saturated carbocycles. The van der Waals surface area contributed by atoms with Crippen molar-refractivity contribution in [2.24, 2.45) is 11.5 Å². The molecule has 0 radical (unpaired) electrons. The van der Waals surface area contributed by atoms with Gasteiger partial charge >= 0.3 is 12.2 Å². The lowest BCUT2D eigenvalue weighted by molar-refractivity contribution is -0.246. The summed E-state index contributed by atoms with van der Waals surface area (Å²) in [5, 5.41) is 56.3. The van der Waals surface area contributed by atoms with Crippen LogP contribution in [0, 0.1) is 0 Å². The number of amides is 5. The van der Waals surface area contributed by atoms with E-state index in [9.17, 15) is 58.8 Å². The maximum absolute atomic E-state index is 14.1. The number of phenolic OH excluding ortho intramolecular Hbond substituents is 2. The molecule has 9 rings (SSSR count). The van der Waals surface area contributed by atoms with E-state index in [-0.39, 0.29) is 67.2 Å². The molecule has 2 aliphatic heterocycles. The summed E-state index contributed by atoms with van der Waals surface area (Å²) in [5.74, 6) is -5.69. The monoisotopic (exact) mass is 1200 g/mol. The Balaban J connectivity index is 0.775. The van der Waals surface area contributed by atoms with Gasteiger partial charge in [0, 0.05) is 53.7 Å². The maximum atomic E-state index is 14.1. The molecule has 0 bridgehead atoms. The number of phenols is 2. The molecule has 5 aromatic rings. The van der Waals surface area contributed by atoms with Gasteiger partial charge in [-0.05, 0) is 86.7 Å². The molecule has 2 saturated heterocycles. The van der Waals surface area contributed by atoms with Crippen LogP contribution in [0.25, 0.3) is 0 Å². The molecular formula is C62H69N7O18. The Labute approximate surface area is 499 Å². The van der Waals surface area contributed by atoms with Crippen LogP contribution in [-0.2, 0) is 68.9 Å². The first-order valence-corrected chi connectivity index (χ1v) is 28.3. The van der Waals surface area contributed by atoms with Crippen LogP contribution in [0.2, 0.25) is 0 Å². The number of nitrogens with zero attached hydrogens (tertiary/aromatic N) is 1. The zero-order chi connectivity index (χ0) is 62.3. The number of aliphatic hydroxyl groups is 2. The van der Waals surface area contributed by atoms with Gasteiger partial charge in [0.15, 0.2) is 17.9 Å². The minimum atomic E-state index is -2.37. The average molecular weight is 1200 g/mol. The number of unbranched alkanes of at least 4 members (excludes halogenated alkanes) is 1. The lowest BCUT2D eigenvalue weighted by atomic mass is 9.72. The largest absolute Gasteiger partial charge is 0.507 e. The molecule has 25 nitrogen and oxygen atoms in total. The van der Waals surface area contributed by atoms with E-state index in [0.717, 1.165) is 5.56 Å². The van der Waals surface area contributed by atoms with Crippen LogP contribution < -0.4 is 37.5 Å². The number of ether oxygens (including phenoxy) is 6. The number of nitrogens with one attached hydrogen (secondary N) is 4. The summed E-state index contributed by atoms with van der Waals surface area (Å²) in [4.78, 5) is 109. The Kier molecular flexibility index (Phi) is 19.6. The third-order valence-corrected chi connectivity index (χ3v) is 15.8. The second kappa shape index (κ2) is 27.3. The van der Waals surface area contributed by atoms with Gasteiger partial charge in [-0.3, -0.25) is 39.0 Å². The fraction of sp³-hybridized carbons (Fsp3) is 0.387. The van der Waals surface area contributed by atoms with E-state index in [4.69, 9.17) is 39.9 Å². The highest BCUT2D eigenvalue weighted by Crippen LogP contribution is 2.53. The number of fused-ring (bicyclic) bond motifs is 4. The van der Waals surface area contributed by atoms with Crippen LogP contribution in [0.15, 0.2) is 97.1 Å². The maximum Gasteiger partial charge on any atom is 0.412 e. The predicted molar refractivity (Wildman–Crippen MR) is 309 cm³/mol. The number of carbonyl (C=O) groups is 8. The normalized spacial score (nSPS) is 21.1. The molecule has 2 aliphatic carbocycles. The van der Waals surface area contributed by atoms with Crippen LogP contribution in [0.5, 0.6) is 17.2 Å². The third-order valence-electron chi connectivity index (χ3n) is 15.8. The van der Waals surface area contributed by atoms with Gasteiger partial charge in [-0.2, -0.15) is 0 Å². The number of ketones is 3. The highest BCUT2D eigenvalue weighted by Gasteiger charge is 2.52. The van der Waals surface area contributed by atoms with E-state index >= 15 is 0 Å². The first-order chi connectivity index (χ1) is 41.7. The van der Waals surface area contributed by atoms with Gasteiger partial charge in [-0.1, -0.05) is 66.7 Å². The predicted octanol–water partition coefficient (Wildman–Crippen LogP) is 4.05.